The van der Waals surface area contributed by atoms with E-state index in [1.54, 1.807) is 10.6 Å². The molecule has 3 aliphatic rings. The lowest BCUT2D eigenvalue weighted by Gasteiger charge is -2.23. The molecule has 0 aromatic carbocycles. The molecule has 22 heavy (non-hydrogen) atoms. The molecule has 3 fully saturated rings. The highest BCUT2D eigenvalue weighted by Gasteiger charge is 2.44. The number of sulfonamides is 1. The van der Waals surface area contributed by atoms with Gasteiger partial charge in [-0.1, -0.05) is 0 Å². The van der Waals surface area contributed by atoms with Crippen molar-refractivity contribution in [3.63, 3.8) is 0 Å². The van der Waals surface area contributed by atoms with Crippen LogP contribution in [-0.4, -0.2) is 61.8 Å². The van der Waals surface area contributed by atoms with Crippen LogP contribution in [0.15, 0.2) is 22.8 Å². The Balaban J connectivity index is 1.43. The van der Waals surface area contributed by atoms with Gasteiger partial charge in [0.05, 0.1) is 30.8 Å². The lowest BCUT2D eigenvalue weighted by Crippen LogP contribution is -2.39. The van der Waals surface area contributed by atoms with Crippen LogP contribution < -0.4 is 0 Å². The second kappa shape index (κ2) is 5.63. The third-order valence-corrected chi connectivity index (χ3v) is 7.20. The predicted octanol–water partition coefficient (Wildman–Crippen LogP) is 0.904. The topological polar surface area (TPSA) is 63.0 Å². The Bertz CT molecular complexity index is 611. The maximum atomic E-state index is 12.5. The Morgan fingerprint density at radius 3 is 2.82 bits per heavy atom. The summed E-state index contributed by atoms with van der Waals surface area (Å²) < 4.78 is 37.9. The standard InChI is InChI=1S/C15H22N2O4S/c18-22(19,14-3-4-14)17-5-7-21-15-11-16(8-12(15)9-17)10-13-2-1-6-20-13/h1-2,6,12,14-15H,3-5,7-11H2/t12-,15-/m0/s1. The van der Waals surface area contributed by atoms with Gasteiger partial charge in [0.2, 0.25) is 10.0 Å². The first-order valence-electron chi connectivity index (χ1n) is 7.98. The van der Waals surface area contributed by atoms with E-state index in [9.17, 15) is 8.42 Å². The van der Waals surface area contributed by atoms with Crippen LogP contribution in [0.1, 0.15) is 18.6 Å². The molecule has 0 unspecified atom stereocenters. The molecule has 0 bridgehead atoms. The summed E-state index contributed by atoms with van der Waals surface area (Å²) in [6, 6.07) is 3.86. The molecular formula is C15H22N2O4S. The van der Waals surface area contributed by atoms with Gasteiger partial charge >= 0.3 is 0 Å². The van der Waals surface area contributed by atoms with E-state index in [4.69, 9.17) is 9.15 Å². The van der Waals surface area contributed by atoms with Gasteiger partial charge in [0.25, 0.3) is 0 Å². The second-order valence-corrected chi connectivity index (χ2v) is 8.76. The summed E-state index contributed by atoms with van der Waals surface area (Å²) in [6.45, 7) is 4.08. The molecule has 1 aromatic rings. The van der Waals surface area contributed by atoms with Crippen molar-refractivity contribution in [1.82, 2.24) is 9.21 Å². The molecule has 122 valence electrons. The van der Waals surface area contributed by atoms with Gasteiger partial charge in [-0.05, 0) is 25.0 Å². The van der Waals surface area contributed by atoms with Crippen LogP contribution in [-0.2, 0) is 21.3 Å². The summed E-state index contributed by atoms with van der Waals surface area (Å²) >= 11 is 0. The Morgan fingerprint density at radius 2 is 2.09 bits per heavy atom. The molecule has 6 nitrogen and oxygen atoms in total. The Morgan fingerprint density at radius 1 is 1.23 bits per heavy atom. The largest absolute Gasteiger partial charge is 0.468 e. The normalized spacial score (nSPS) is 31.1. The number of fused-ring (bicyclic) bond motifs is 1. The summed E-state index contributed by atoms with van der Waals surface area (Å²) in [5.41, 5.74) is 0. The minimum Gasteiger partial charge on any atom is -0.468 e. The molecule has 0 radical (unpaired) electrons. The molecule has 1 saturated carbocycles. The third kappa shape index (κ3) is 2.82. The fourth-order valence-corrected chi connectivity index (χ4v) is 5.39. The molecule has 2 aliphatic heterocycles. The van der Waals surface area contributed by atoms with Gasteiger partial charge in [0, 0.05) is 32.1 Å². The minimum atomic E-state index is -3.10. The first kappa shape index (κ1) is 14.7. The number of furan rings is 1. The SMILES string of the molecule is O=S(=O)(C1CC1)N1CCO[C@H]2CN(Cc3ccco3)C[C@H]2C1. The van der Waals surface area contributed by atoms with Crippen molar-refractivity contribution in [3.8, 4) is 0 Å². The van der Waals surface area contributed by atoms with Crippen molar-refractivity contribution in [2.75, 3.05) is 32.8 Å². The van der Waals surface area contributed by atoms with Gasteiger partial charge in [-0.15, -0.1) is 0 Å². The van der Waals surface area contributed by atoms with Crippen molar-refractivity contribution in [2.45, 2.75) is 30.7 Å². The molecule has 1 aromatic heterocycles. The smallest absolute Gasteiger partial charge is 0.217 e. The summed E-state index contributed by atoms with van der Waals surface area (Å²) in [5, 5.41) is -0.135. The van der Waals surface area contributed by atoms with E-state index in [-0.39, 0.29) is 17.3 Å². The fourth-order valence-electron chi connectivity index (χ4n) is 3.51. The molecule has 4 rings (SSSR count). The highest BCUT2D eigenvalue weighted by atomic mass is 32.2. The highest BCUT2D eigenvalue weighted by Crippen LogP contribution is 2.33. The highest BCUT2D eigenvalue weighted by molar-refractivity contribution is 7.90. The van der Waals surface area contributed by atoms with Crippen LogP contribution in [0, 0.1) is 5.92 Å². The number of hydrogen-bond donors (Lipinski definition) is 0. The molecule has 0 N–H and O–H groups in total. The van der Waals surface area contributed by atoms with E-state index in [1.807, 2.05) is 12.1 Å². The van der Waals surface area contributed by atoms with E-state index >= 15 is 0 Å². The zero-order chi connectivity index (χ0) is 15.2. The van der Waals surface area contributed by atoms with Crippen molar-refractivity contribution in [3.05, 3.63) is 24.2 Å². The Kier molecular flexibility index (Phi) is 3.76. The Labute approximate surface area is 131 Å². The second-order valence-electron chi connectivity index (χ2n) is 6.55. The zero-order valence-corrected chi connectivity index (χ0v) is 13.4. The molecular weight excluding hydrogens is 304 g/mol. The van der Waals surface area contributed by atoms with E-state index in [0.29, 0.717) is 19.7 Å². The first-order chi connectivity index (χ1) is 10.6. The van der Waals surface area contributed by atoms with Crippen molar-refractivity contribution in [2.24, 2.45) is 5.92 Å². The maximum Gasteiger partial charge on any atom is 0.217 e. The van der Waals surface area contributed by atoms with Crippen molar-refractivity contribution < 1.29 is 17.6 Å². The number of ether oxygens (including phenoxy) is 1. The molecule has 0 amide bonds. The van der Waals surface area contributed by atoms with E-state index in [2.05, 4.69) is 4.90 Å². The lowest BCUT2D eigenvalue weighted by molar-refractivity contribution is 0.0515. The summed E-state index contributed by atoms with van der Waals surface area (Å²) in [7, 11) is -3.10. The summed E-state index contributed by atoms with van der Waals surface area (Å²) in [4.78, 5) is 2.29. The lowest BCUT2D eigenvalue weighted by atomic mass is 10.1. The molecule has 0 spiro atoms. The van der Waals surface area contributed by atoms with Gasteiger partial charge in [-0.25, -0.2) is 8.42 Å². The third-order valence-electron chi connectivity index (χ3n) is 4.83. The van der Waals surface area contributed by atoms with Crippen molar-refractivity contribution in [1.29, 1.82) is 0 Å². The van der Waals surface area contributed by atoms with Crippen LogP contribution in [0.25, 0.3) is 0 Å². The number of hydrogen-bond acceptors (Lipinski definition) is 5. The van der Waals surface area contributed by atoms with Gasteiger partial charge in [0.1, 0.15) is 5.76 Å². The molecule has 3 heterocycles. The number of likely N-dealkylation sites (tertiary alicyclic amines) is 1. The van der Waals surface area contributed by atoms with E-state index < -0.39 is 10.0 Å². The zero-order valence-electron chi connectivity index (χ0n) is 12.6. The van der Waals surface area contributed by atoms with Gasteiger partial charge < -0.3 is 9.15 Å². The fraction of sp³-hybridized carbons (Fsp3) is 0.733. The van der Waals surface area contributed by atoms with Crippen LogP contribution in [0.5, 0.6) is 0 Å². The van der Waals surface area contributed by atoms with Crippen LogP contribution >= 0.6 is 0 Å². The molecule has 2 saturated heterocycles. The number of rotatable bonds is 4. The van der Waals surface area contributed by atoms with Crippen LogP contribution in [0.3, 0.4) is 0 Å². The van der Waals surface area contributed by atoms with Crippen LogP contribution in [0.4, 0.5) is 0 Å². The quantitative estimate of drug-likeness (QED) is 0.823. The molecule has 2 atom stereocenters. The minimum absolute atomic E-state index is 0.134. The number of nitrogens with zero attached hydrogens (tertiary/aromatic N) is 2. The predicted molar refractivity (Wildman–Crippen MR) is 80.7 cm³/mol. The monoisotopic (exact) mass is 326 g/mol. The Hall–Kier alpha value is -0.890. The average molecular weight is 326 g/mol. The van der Waals surface area contributed by atoms with Crippen molar-refractivity contribution >= 4 is 10.0 Å². The molecule has 1 aliphatic carbocycles. The molecule has 7 heteroatoms. The van der Waals surface area contributed by atoms with Gasteiger partial charge in [-0.3, -0.25) is 4.90 Å². The average Bonchev–Trinajstić information content (AvgIpc) is 3.18. The van der Waals surface area contributed by atoms with Gasteiger partial charge in [-0.2, -0.15) is 4.31 Å². The van der Waals surface area contributed by atoms with E-state index in [1.165, 1.54) is 0 Å². The maximum absolute atomic E-state index is 12.5. The first-order valence-corrected chi connectivity index (χ1v) is 9.48. The summed E-state index contributed by atoms with van der Waals surface area (Å²) in [5.74, 6) is 1.20. The van der Waals surface area contributed by atoms with Crippen LogP contribution in [0.2, 0.25) is 0 Å². The van der Waals surface area contributed by atoms with Gasteiger partial charge in [0.15, 0.2) is 0 Å². The summed E-state index contributed by atoms with van der Waals surface area (Å²) in [6.07, 6.45) is 3.45. The van der Waals surface area contributed by atoms with E-state index in [0.717, 1.165) is 38.2 Å².